The Hall–Kier alpha value is -3.98. The van der Waals surface area contributed by atoms with Crippen LogP contribution >= 0.6 is 0 Å². The summed E-state index contributed by atoms with van der Waals surface area (Å²) >= 11 is 0. The van der Waals surface area contributed by atoms with Crippen LogP contribution in [0.1, 0.15) is 27.0 Å². The number of benzene rings is 3. The standard InChI is InChI=1S/C24H22N4O4S/c1-17-3-4-18(2)23(13-17)33(30,31)32-22-11-7-20(8-12-22)24(29)26-14-19-5-9-21(10-6-19)28-16-25-15-27-28/h3-13,15-16H,14H2,1-2H3,(H,26,29). The van der Waals surface area contributed by atoms with E-state index in [0.717, 1.165) is 16.8 Å². The largest absolute Gasteiger partial charge is 0.379 e. The molecule has 0 fully saturated rings. The minimum absolute atomic E-state index is 0.124. The van der Waals surface area contributed by atoms with E-state index >= 15 is 0 Å². The molecule has 1 N–H and O–H groups in total. The summed E-state index contributed by atoms with van der Waals surface area (Å²) < 4.78 is 32.2. The highest BCUT2D eigenvalue weighted by molar-refractivity contribution is 7.87. The molecule has 0 spiro atoms. The van der Waals surface area contributed by atoms with E-state index in [0.29, 0.717) is 17.7 Å². The predicted octanol–water partition coefficient (Wildman–Crippen LogP) is 3.58. The smallest absolute Gasteiger partial charge is 0.339 e. The van der Waals surface area contributed by atoms with E-state index in [1.807, 2.05) is 37.3 Å². The second kappa shape index (κ2) is 9.25. The number of amides is 1. The number of hydrogen-bond acceptors (Lipinski definition) is 6. The third-order valence-electron chi connectivity index (χ3n) is 5.01. The van der Waals surface area contributed by atoms with E-state index < -0.39 is 10.1 Å². The Morgan fingerprint density at radius 2 is 1.73 bits per heavy atom. The Morgan fingerprint density at radius 3 is 2.39 bits per heavy atom. The lowest BCUT2D eigenvalue weighted by Gasteiger charge is -2.11. The maximum Gasteiger partial charge on any atom is 0.339 e. The molecule has 0 radical (unpaired) electrons. The maximum absolute atomic E-state index is 12.6. The van der Waals surface area contributed by atoms with Gasteiger partial charge in [0.2, 0.25) is 0 Å². The first-order valence-corrected chi connectivity index (χ1v) is 11.6. The molecule has 0 bridgehead atoms. The second-order valence-corrected chi connectivity index (χ2v) is 9.03. The second-order valence-electron chi connectivity index (χ2n) is 7.52. The van der Waals surface area contributed by atoms with Gasteiger partial charge in [-0.25, -0.2) is 9.67 Å². The average molecular weight is 463 g/mol. The summed E-state index contributed by atoms with van der Waals surface area (Å²) in [7, 11) is -3.98. The van der Waals surface area contributed by atoms with Crippen molar-refractivity contribution in [3.05, 3.63) is 102 Å². The monoisotopic (exact) mass is 462 g/mol. The summed E-state index contributed by atoms with van der Waals surface area (Å²) in [6.07, 6.45) is 3.07. The van der Waals surface area contributed by atoms with Gasteiger partial charge in [0.25, 0.3) is 5.91 Å². The Balaban J connectivity index is 1.37. The third kappa shape index (κ3) is 5.27. The third-order valence-corrected chi connectivity index (χ3v) is 6.40. The molecule has 0 aliphatic carbocycles. The molecule has 3 aromatic carbocycles. The van der Waals surface area contributed by atoms with E-state index in [-0.39, 0.29) is 16.6 Å². The van der Waals surface area contributed by atoms with Crippen LogP contribution in [0.2, 0.25) is 0 Å². The van der Waals surface area contributed by atoms with Crippen LogP contribution in [-0.2, 0) is 16.7 Å². The van der Waals surface area contributed by atoms with Crippen molar-refractivity contribution in [3.8, 4) is 11.4 Å². The number of hydrogen-bond donors (Lipinski definition) is 1. The van der Waals surface area contributed by atoms with Crippen LogP contribution in [0.5, 0.6) is 5.75 Å². The van der Waals surface area contributed by atoms with Gasteiger partial charge < -0.3 is 9.50 Å². The summed E-state index contributed by atoms with van der Waals surface area (Å²) in [4.78, 5) is 16.5. The van der Waals surface area contributed by atoms with Crippen LogP contribution in [-0.4, -0.2) is 29.1 Å². The lowest BCUT2D eigenvalue weighted by molar-refractivity contribution is 0.0951. The molecule has 4 aromatic rings. The van der Waals surface area contributed by atoms with Crippen molar-refractivity contribution >= 4 is 16.0 Å². The van der Waals surface area contributed by atoms with Crippen molar-refractivity contribution in [2.24, 2.45) is 0 Å². The van der Waals surface area contributed by atoms with Gasteiger partial charge in [0.05, 0.1) is 5.69 Å². The Labute approximate surface area is 192 Å². The molecule has 0 saturated heterocycles. The number of nitrogens with one attached hydrogen (secondary N) is 1. The molecule has 33 heavy (non-hydrogen) atoms. The van der Waals surface area contributed by atoms with Gasteiger partial charge in [-0.3, -0.25) is 4.79 Å². The lowest BCUT2D eigenvalue weighted by Crippen LogP contribution is -2.22. The Morgan fingerprint density at radius 1 is 1.00 bits per heavy atom. The topological polar surface area (TPSA) is 103 Å². The Bertz CT molecular complexity index is 1370. The molecular weight excluding hydrogens is 440 g/mol. The van der Waals surface area contributed by atoms with Crippen molar-refractivity contribution in [1.82, 2.24) is 20.1 Å². The van der Waals surface area contributed by atoms with Gasteiger partial charge in [-0.05, 0) is 73.0 Å². The van der Waals surface area contributed by atoms with E-state index in [1.54, 1.807) is 30.1 Å². The zero-order valence-electron chi connectivity index (χ0n) is 18.1. The lowest BCUT2D eigenvalue weighted by atomic mass is 10.2. The van der Waals surface area contributed by atoms with Crippen LogP contribution < -0.4 is 9.50 Å². The van der Waals surface area contributed by atoms with Crippen molar-refractivity contribution in [1.29, 1.82) is 0 Å². The zero-order chi connectivity index (χ0) is 23.4. The van der Waals surface area contributed by atoms with Gasteiger partial charge in [0.1, 0.15) is 23.3 Å². The van der Waals surface area contributed by atoms with Crippen LogP contribution in [0.25, 0.3) is 5.69 Å². The molecule has 8 nitrogen and oxygen atoms in total. The molecule has 4 rings (SSSR count). The molecule has 1 heterocycles. The van der Waals surface area contributed by atoms with E-state index in [2.05, 4.69) is 15.4 Å². The number of aryl methyl sites for hydroxylation is 2. The minimum Gasteiger partial charge on any atom is -0.379 e. The molecule has 0 saturated carbocycles. The van der Waals surface area contributed by atoms with E-state index in [9.17, 15) is 13.2 Å². The number of nitrogens with zero attached hydrogens (tertiary/aromatic N) is 3. The molecule has 1 amide bonds. The number of carbonyl (C=O) groups excluding carboxylic acids is 1. The first-order valence-electron chi connectivity index (χ1n) is 10.2. The Kier molecular flexibility index (Phi) is 6.23. The first-order chi connectivity index (χ1) is 15.8. The number of aromatic nitrogens is 3. The van der Waals surface area contributed by atoms with Gasteiger partial charge in [0, 0.05) is 12.1 Å². The van der Waals surface area contributed by atoms with Gasteiger partial charge in [-0.2, -0.15) is 13.5 Å². The van der Waals surface area contributed by atoms with Crippen LogP contribution in [0.3, 0.4) is 0 Å². The fourth-order valence-electron chi connectivity index (χ4n) is 3.20. The van der Waals surface area contributed by atoms with Crippen molar-refractivity contribution in [3.63, 3.8) is 0 Å². The van der Waals surface area contributed by atoms with E-state index in [4.69, 9.17) is 4.18 Å². The summed E-state index contributed by atoms with van der Waals surface area (Å²) in [5, 5.41) is 6.92. The summed E-state index contributed by atoms with van der Waals surface area (Å²) in [5.41, 5.74) is 3.61. The first kappa shape index (κ1) is 22.2. The highest BCUT2D eigenvalue weighted by Crippen LogP contribution is 2.22. The zero-order valence-corrected chi connectivity index (χ0v) is 18.9. The normalized spacial score (nSPS) is 11.2. The molecule has 9 heteroatoms. The summed E-state index contributed by atoms with van der Waals surface area (Å²) in [6, 6.07) is 18.7. The fourth-order valence-corrected chi connectivity index (χ4v) is 4.45. The van der Waals surface area contributed by atoms with Crippen LogP contribution in [0.15, 0.2) is 84.3 Å². The molecule has 0 unspecified atom stereocenters. The minimum atomic E-state index is -3.98. The highest BCUT2D eigenvalue weighted by atomic mass is 32.2. The number of rotatable bonds is 7. The van der Waals surface area contributed by atoms with Gasteiger partial charge in [-0.1, -0.05) is 24.3 Å². The van der Waals surface area contributed by atoms with Crippen molar-refractivity contribution in [2.75, 3.05) is 0 Å². The van der Waals surface area contributed by atoms with Crippen LogP contribution in [0.4, 0.5) is 0 Å². The predicted molar refractivity (Wildman–Crippen MR) is 123 cm³/mol. The van der Waals surface area contributed by atoms with Crippen molar-refractivity contribution < 1.29 is 17.4 Å². The average Bonchev–Trinajstić information content (AvgIpc) is 3.34. The van der Waals surface area contributed by atoms with Gasteiger partial charge >= 0.3 is 10.1 Å². The summed E-state index contributed by atoms with van der Waals surface area (Å²) in [6.45, 7) is 3.87. The van der Waals surface area contributed by atoms with Gasteiger partial charge in [-0.15, -0.1) is 0 Å². The van der Waals surface area contributed by atoms with Crippen LogP contribution in [0, 0.1) is 13.8 Å². The molecule has 168 valence electrons. The summed E-state index contributed by atoms with van der Waals surface area (Å²) in [5.74, 6) is -0.143. The van der Waals surface area contributed by atoms with E-state index in [1.165, 1.54) is 30.6 Å². The number of carbonyl (C=O) groups is 1. The highest BCUT2D eigenvalue weighted by Gasteiger charge is 2.19. The quantitative estimate of drug-likeness (QED) is 0.421. The maximum atomic E-state index is 12.6. The molecule has 0 aliphatic rings. The molecule has 1 aromatic heterocycles. The SMILES string of the molecule is Cc1ccc(C)c(S(=O)(=O)Oc2ccc(C(=O)NCc3ccc(-n4cncn4)cc3)cc2)c1. The molecular formula is C24H22N4O4S. The fraction of sp³-hybridized carbons (Fsp3) is 0.125. The molecule has 0 aliphatic heterocycles. The van der Waals surface area contributed by atoms with Gasteiger partial charge in [0.15, 0.2) is 0 Å². The van der Waals surface area contributed by atoms with Crippen molar-refractivity contribution in [2.45, 2.75) is 25.3 Å². The molecule has 0 atom stereocenters.